The second-order valence-electron chi connectivity index (χ2n) is 4.86. The van der Waals surface area contributed by atoms with E-state index in [-0.39, 0.29) is 0 Å². The van der Waals surface area contributed by atoms with Gasteiger partial charge < -0.3 is 10.1 Å². The van der Waals surface area contributed by atoms with E-state index in [1.807, 2.05) is 0 Å². The van der Waals surface area contributed by atoms with Gasteiger partial charge in [0.1, 0.15) is 0 Å². The SMILES string of the molecule is COCc1c(Br)cccc1NC1CCCC1C. The molecule has 0 aliphatic heterocycles. The van der Waals surface area contributed by atoms with Crippen molar-refractivity contribution in [2.24, 2.45) is 5.92 Å². The Hall–Kier alpha value is -0.540. The summed E-state index contributed by atoms with van der Waals surface area (Å²) in [5.74, 6) is 0.768. The Morgan fingerprint density at radius 3 is 2.88 bits per heavy atom. The Morgan fingerprint density at radius 2 is 2.24 bits per heavy atom. The van der Waals surface area contributed by atoms with Crippen LogP contribution in [0.2, 0.25) is 0 Å². The third kappa shape index (κ3) is 3.02. The predicted octanol–water partition coefficient (Wildman–Crippen LogP) is 4.20. The van der Waals surface area contributed by atoms with Crippen molar-refractivity contribution in [3.05, 3.63) is 28.2 Å². The van der Waals surface area contributed by atoms with Gasteiger partial charge in [0.05, 0.1) is 6.61 Å². The fourth-order valence-corrected chi connectivity index (χ4v) is 3.03. The van der Waals surface area contributed by atoms with Crippen LogP contribution in [0, 0.1) is 5.92 Å². The molecule has 0 heterocycles. The molecule has 1 aliphatic rings. The van der Waals surface area contributed by atoms with Crippen LogP contribution in [0.4, 0.5) is 5.69 Å². The van der Waals surface area contributed by atoms with Crippen LogP contribution >= 0.6 is 15.9 Å². The van der Waals surface area contributed by atoms with Crippen LogP contribution in [0.5, 0.6) is 0 Å². The summed E-state index contributed by atoms with van der Waals surface area (Å²) in [4.78, 5) is 0. The maximum absolute atomic E-state index is 5.27. The molecule has 2 unspecified atom stereocenters. The highest BCUT2D eigenvalue weighted by Crippen LogP contribution is 2.31. The average Bonchev–Trinajstić information content (AvgIpc) is 2.70. The van der Waals surface area contributed by atoms with Gasteiger partial charge in [0.15, 0.2) is 0 Å². The van der Waals surface area contributed by atoms with Crippen LogP contribution in [-0.4, -0.2) is 13.2 Å². The largest absolute Gasteiger partial charge is 0.382 e. The van der Waals surface area contributed by atoms with Gasteiger partial charge in [-0.25, -0.2) is 0 Å². The van der Waals surface area contributed by atoms with Gasteiger partial charge in [-0.1, -0.05) is 35.3 Å². The summed E-state index contributed by atoms with van der Waals surface area (Å²) in [6, 6.07) is 6.90. The molecule has 0 spiro atoms. The summed E-state index contributed by atoms with van der Waals surface area (Å²) in [6.07, 6.45) is 3.96. The molecule has 0 aromatic heterocycles. The lowest BCUT2D eigenvalue weighted by atomic mass is 10.1. The normalized spacial score (nSPS) is 23.9. The third-order valence-electron chi connectivity index (χ3n) is 3.61. The van der Waals surface area contributed by atoms with Gasteiger partial charge in [-0.05, 0) is 30.9 Å². The van der Waals surface area contributed by atoms with Gasteiger partial charge in [0.2, 0.25) is 0 Å². The Balaban J connectivity index is 2.16. The summed E-state index contributed by atoms with van der Waals surface area (Å²) >= 11 is 3.59. The molecule has 94 valence electrons. The lowest BCUT2D eigenvalue weighted by Gasteiger charge is -2.21. The molecule has 0 amide bonds. The van der Waals surface area contributed by atoms with Crippen molar-refractivity contribution < 1.29 is 4.74 Å². The van der Waals surface area contributed by atoms with E-state index in [0.29, 0.717) is 12.6 Å². The number of nitrogens with one attached hydrogen (secondary N) is 1. The molecular weight excluding hydrogens is 278 g/mol. The van der Waals surface area contributed by atoms with Crippen molar-refractivity contribution in [3.8, 4) is 0 Å². The molecule has 1 saturated carbocycles. The summed E-state index contributed by atoms with van der Waals surface area (Å²) in [7, 11) is 1.74. The number of anilines is 1. The van der Waals surface area contributed by atoms with E-state index in [0.717, 1.165) is 10.4 Å². The number of ether oxygens (including phenoxy) is 1. The lowest BCUT2D eigenvalue weighted by molar-refractivity contribution is 0.185. The summed E-state index contributed by atoms with van der Waals surface area (Å²) in [5, 5.41) is 3.67. The van der Waals surface area contributed by atoms with Crippen LogP contribution in [0.25, 0.3) is 0 Å². The monoisotopic (exact) mass is 297 g/mol. The van der Waals surface area contributed by atoms with E-state index in [1.54, 1.807) is 7.11 Å². The van der Waals surface area contributed by atoms with Gasteiger partial charge >= 0.3 is 0 Å². The highest BCUT2D eigenvalue weighted by Gasteiger charge is 2.23. The van der Waals surface area contributed by atoms with Crippen LogP contribution in [-0.2, 0) is 11.3 Å². The Bertz CT molecular complexity index is 380. The number of halogens is 1. The fraction of sp³-hybridized carbons (Fsp3) is 0.571. The van der Waals surface area contributed by atoms with E-state index in [2.05, 4.69) is 46.4 Å². The van der Waals surface area contributed by atoms with Gasteiger partial charge in [-0.3, -0.25) is 0 Å². The van der Waals surface area contributed by atoms with Crippen molar-refractivity contribution in [2.75, 3.05) is 12.4 Å². The highest BCUT2D eigenvalue weighted by atomic mass is 79.9. The fourth-order valence-electron chi connectivity index (χ4n) is 2.54. The van der Waals surface area contributed by atoms with Crippen molar-refractivity contribution in [2.45, 2.75) is 38.8 Å². The first kappa shape index (κ1) is 12.9. The Kier molecular flexibility index (Phi) is 4.46. The number of methoxy groups -OCH3 is 1. The quantitative estimate of drug-likeness (QED) is 0.899. The van der Waals surface area contributed by atoms with Gasteiger partial charge in [-0.2, -0.15) is 0 Å². The molecule has 0 bridgehead atoms. The first-order valence-corrected chi connectivity index (χ1v) is 7.04. The predicted molar refractivity (Wildman–Crippen MR) is 75.3 cm³/mol. The zero-order valence-electron chi connectivity index (χ0n) is 10.5. The summed E-state index contributed by atoms with van der Waals surface area (Å²) in [6.45, 7) is 2.98. The minimum absolute atomic E-state index is 0.611. The van der Waals surface area contributed by atoms with Crippen molar-refractivity contribution in [3.63, 3.8) is 0 Å². The molecule has 1 aromatic rings. The Labute approximate surface area is 112 Å². The molecule has 3 heteroatoms. The summed E-state index contributed by atoms with van der Waals surface area (Å²) < 4.78 is 6.39. The minimum Gasteiger partial charge on any atom is -0.382 e. The molecular formula is C14H20BrNO. The smallest absolute Gasteiger partial charge is 0.0744 e. The van der Waals surface area contributed by atoms with E-state index in [4.69, 9.17) is 4.74 Å². The van der Waals surface area contributed by atoms with Crippen molar-refractivity contribution in [1.82, 2.24) is 0 Å². The number of hydrogen-bond acceptors (Lipinski definition) is 2. The molecule has 2 nitrogen and oxygen atoms in total. The minimum atomic E-state index is 0.611. The van der Waals surface area contributed by atoms with Crippen LogP contribution in [0.1, 0.15) is 31.7 Å². The standard InChI is InChI=1S/C14H20BrNO/c1-10-5-3-7-13(10)16-14-8-4-6-12(15)11(14)9-17-2/h4,6,8,10,13,16H,3,5,7,9H2,1-2H3. The molecule has 1 fully saturated rings. The molecule has 0 radical (unpaired) electrons. The van der Waals surface area contributed by atoms with Crippen LogP contribution in [0.15, 0.2) is 22.7 Å². The third-order valence-corrected chi connectivity index (χ3v) is 4.35. The average molecular weight is 298 g/mol. The van der Waals surface area contributed by atoms with Gasteiger partial charge in [0, 0.05) is 28.9 Å². The topological polar surface area (TPSA) is 21.3 Å². The zero-order valence-corrected chi connectivity index (χ0v) is 12.1. The number of benzene rings is 1. The van der Waals surface area contributed by atoms with E-state index in [1.165, 1.54) is 30.5 Å². The van der Waals surface area contributed by atoms with E-state index in [9.17, 15) is 0 Å². The van der Waals surface area contributed by atoms with Crippen molar-refractivity contribution >= 4 is 21.6 Å². The van der Waals surface area contributed by atoms with Crippen LogP contribution in [0.3, 0.4) is 0 Å². The second kappa shape index (κ2) is 5.87. The van der Waals surface area contributed by atoms with Crippen LogP contribution < -0.4 is 5.32 Å². The van der Waals surface area contributed by atoms with Gasteiger partial charge in [0.25, 0.3) is 0 Å². The Morgan fingerprint density at radius 1 is 1.41 bits per heavy atom. The second-order valence-corrected chi connectivity index (χ2v) is 5.71. The maximum atomic E-state index is 5.27. The van der Waals surface area contributed by atoms with E-state index >= 15 is 0 Å². The molecule has 1 N–H and O–H groups in total. The van der Waals surface area contributed by atoms with Crippen molar-refractivity contribution in [1.29, 1.82) is 0 Å². The lowest BCUT2D eigenvalue weighted by Crippen LogP contribution is -2.22. The molecule has 0 saturated heterocycles. The molecule has 1 aliphatic carbocycles. The molecule has 2 atom stereocenters. The number of hydrogen-bond donors (Lipinski definition) is 1. The summed E-state index contributed by atoms with van der Waals surface area (Å²) in [5.41, 5.74) is 2.43. The highest BCUT2D eigenvalue weighted by molar-refractivity contribution is 9.10. The molecule has 17 heavy (non-hydrogen) atoms. The first-order chi connectivity index (χ1) is 8.22. The maximum Gasteiger partial charge on any atom is 0.0744 e. The molecule has 1 aromatic carbocycles. The number of rotatable bonds is 4. The first-order valence-electron chi connectivity index (χ1n) is 6.25. The van der Waals surface area contributed by atoms with E-state index < -0.39 is 0 Å². The molecule has 2 rings (SSSR count). The zero-order chi connectivity index (χ0) is 12.3. The van der Waals surface area contributed by atoms with Gasteiger partial charge in [-0.15, -0.1) is 0 Å².